The van der Waals surface area contributed by atoms with Crippen molar-refractivity contribution in [2.75, 3.05) is 10.6 Å². The van der Waals surface area contributed by atoms with Gasteiger partial charge in [0.05, 0.1) is 35.7 Å². The lowest BCUT2D eigenvalue weighted by Gasteiger charge is -2.29. The Hall–Kier alpha value is -3.46. The van der Waals surface area contributed by atoms with Crippen molar-refractivity contribution in [3.8, 4) is 5.69 Å². The van der Waals surface area contributed by atoms with E-state index in [1.54, 1.807) is 37.1 Å². The highest BCUT2D eigenvalue weighted by molar-refractivity contribution is 5.98. The summed E-state index contributed by atoms with van der Waals surface area (Å²) in [6.45, 7) is 0. The number of hydrogen-bond donors (Lipinski definition) is 4. The molecule has 1 saturated carbocycles. The number of imidazole rings is 1. The largest absolute Gasteiger partial charge is 0.366 e. The number of primary amides is 1. The van der Waals surface area contributed by atoms with Gasteiger partial charge in [0.15, 0.2) is 0 Å². The van der Waals surface area contributed by atoms with Crippen molar-refractivity contribution >= 4 is 23.2 Å². The maximum atomic E-state index is 11.9. The van der Waals surface area contributed by atoms with Gasteiger partial charge in [0.25, 0.3) is 5.91 Å². The Kier molecular flexibility index (Phi) is 5.39. The summed E-state index contributed by atoms with van der Waals surface area (Å²) in [7, 11) is 0. The molecular weight excluding hydrogens is 368 g/mol. The second-order valence-corrected chi connectivity index (χ2v) is 7.18. The molecular formula is C20H24N8O. The number of pyridine rings is 2. The molecule has 0 bridgehead atoms. The average Bonchev–Trinajstić information content (AvgIpc) is 3.25. The molecule has 4 rings (SSSR count). The first-order valence-electron chi connectivity index (χ1n) is 9.63. The summed E-state index contributed by atoms with van der Waals surface area (Å²) in [5.41, 5.74) is 13.6. The van der Waals surface area contributed by atoms with Crippen LogP contribution in [-0.4, -0.2) is 37.5 Å². The van der Waals surface area contributed by atoms with Gasteiger partial charge < -0.3 is 26.7 Å². The van der Waals surface area contributed by atoms with E-state index < -0.39 is 5.91 Å². The molecule has 2 atom stereocenters. The van der Waals surface area contributed by atoms with Crippen molar-refractivity contribution in [1.29, 1.82) is 0 Å². The minimum absolute atomic E-state index is 0.0915. The lowest BCUT2D eigenvalue weighted by atomic mass is 9.91. The molecule has 6 N–H and O–H groups in total. The second-order valence-electron chi connectivity index (χ2n) is 7.18. The summed E-state index contributed by atoms with van der Waals surface area (Å²) < 4.78 is 1.84. The number of carbonyl (C=O) groups excluding carboxylic acids is 1. The highest BCUT2D eigenvalue weighted by Gasteiger charge is 2.22. The summed E-state index contributed by atoms with van der Waals surface area (Å²) in [5, 5.41) is 6.57. The molecule has 3 aromatic rings. The molecule has 9 heteroatoms. The molecule has 0 unspecified atom stereocenters. The zero-order valence-corrected chi connectivity index (χ0v) is 16.0. The van der Waals surface area contributed by atoms with Crippen LogP contribution in [0.1, 0.15) is 36.0 Å². The molecule has 3 aromatic heterocycles. The van der Waals surface area contributed by atoms with Crippen LogP contribution in [-0.2, 0) is 0 Å². The van der Waals surface area contributed by atoms with Gasteiger partial charge in [-0.25, -0.2) is 9.97 Å². The molecule has 0 radical (unpaired) electrons. The van der Waals surface area contributed by atoms with E-state index in [1.165, 1.54) is 0 Å². The van der Waals surface area contributed by atoms with Gasteiger partial charge in [0.1, 0.15) is 11.6 Å². The second kappa shape index (κ2) is 8.27. The SMILES string of the molecule is NC(=O)c1ccc(N[C@@H]2CCCC[C@@H]2N)nc1Nc1cncc(-n2ccnc2)c1. The standard InChI is InChI=1S/C20H24N8O/c21-16-3-1-2-4-17(16)26-18-6-5-15(19(22)29)20(27-18)25-13-9-14(11-24-10-13)28-8-7-23-12-28/h5-12,16-17H,1-4,21H2,(H2,22,29)(H2,25,26,27)/t16-,17+/m0/s1. The van der Waals surface area contributed by atoms with Crippen molar-refractivity contribution in [3.63, 3.8) is 0 Å². The van der Waals surface area contributed by atoms with Crippen LogP contribution in [0.2, 0.25) is 0 Å². The number of hydrogen-bond acceptors (Lipinski definition) is 7. The van der Waals surface area contributed by atoms with Gasteiger partial charge in [-0.15, -0.1) is 0 Å². The molecule has 9 nitrogen and oxygen atoms in total. The number of nitrogens with two attached hydrogens (primary N) is 2. The minimum atomic E-state index is -0.556. The summed E-state index contributed by atoms with van der Waals surface area (Å²) in [4.78, 5) is 24.8. The van der Waals surface area contributed by atoms with E-state index in [-0.39, 0.29) is 12.1 Å². The molecule has 150 valence electrons. The Morgan fingerprint density at radius 1 is 1.17 bits per heavy atom. The van der Waals surface area contributed by atoms with E-state index in [2.05, 4.69) is 25.6 Å². The Balaban J connectivity index is 1.60. The van der Waals surface area contributed by atoms with Crippen LogP contribution in [0.4, 0.5) is 17.3 Å². The molecule has 1 aliphatic carbocycles. The molecule has 1 fully saturated rings. The topological polar surface area (TPSA) is 137 Å². The predicted octanol–water partition coefficient (Wildman–Crippen LogP) is 2.19. The lowest BCUT2D eigenvalue weighted by Crippen LogP contribution is -2.42. The lowest BCUT2D eigenvalue weighted by molar-refractivity contribution is 0.100. The van der Waals surface area contributed by atoms with Gasteiger partial charge >= 0.3 is 0 Å². The van der Waals surface area contributed by atoms with E-state index in [9.17, 15) is 4.79 Å². The van der Waals surface area contributed by atoms with Crippen LogP contribution in [0.25, 0.3) is 5.69 Å². The zero-order chi connectivity index (χ0) is 20.2. The molecule has 0 spiro atoms. The summed E-state index contributed by atoms with van der Waals surface area (Å²) in [6, 6.07) is 5.57. The molecule has 3 heterocycles. The van der Waals surface area contributed by atoms with Gasteiger partial charge in [0, 0.05) is 24.5 Å². The molecule has 0 aliphatic heterocycles. The van der Waals surface area contributed by atoms with E-state index in [0.29, 0.717) is 22.9 Å². The van der Waals surface area contributed by atoms with E-state index in [1.807, 2.05) is 16.8 Å². The Morgan fingerprint density at radius 3 is 2.79 bits per heavy atom. The predicted molar refractivity (Wildman–Crippen MR) is 111 cm³/mol. The van der Waals surface area contributed by atoms with Crippen LogP contribution in [0, 0.1) is 0 Å². The molecule has 1 amide bonds. The number of rotatable bonds is 6. The van der Waals surface area contributed by atoms with Crippen LogP contribution in [0.3, 0.4) is 0 Å². The van der Waals surface area contributed by atoms with Gasteiger partial charge in [-0.1, -0.05) is 12.8 Å². The Labute approximate surface area is 168 Å². The molecule has 0 saturated heterocycles. The molecule has 0 aromatic carbocycles. The van der Waals surface area contributed by atoms with Crippen LogP contribution < -0.4 is 22.1 Å². The zero-order valence-electron chi connectivity index (χ0n) is 16.0. The number of nitrogens with one attached hydrogen (secondary N) is 2. The third-order valence-electron chi connectivity index (χ3n) is 5.10. The van der Waals surface area contributed by atoms with Crippen molar-refractivity contribution in [2.24, 2.45) is 11.5 Å². The quantitative estimate of drug-likeness (QED) is 0.504. The third-order valence-corrected chi connectivity index (χ3v) is 5.10. The number of anilines is 3. The fourth-order valence-corrected chi connectivity index (χ4v) is 3.55. The van der Waals surface area contributed by atoms with Crippen molar-refractivity contribution in [2.45, 2.75) is 37.8 Å². The summed E-state index contributed by atoms with van der Waals surface area (Å²) in [6.07, 6.45) is 12.9. The van der Waals surface area contributed by atoms with Gasteiger partial charge in [0.2, 0.25) is 0 Å². The van der Waals surface area contributed by atoms with Gasteiger partial charge in [-0.2, -0.15) is 0 Å². The fourth-order valence-electron chi connectivity index (χ4n) is 3.55. The number of aromatic nitrogens is 4. The van der Waals surface area contributed by atoms with Crippen molar-refractivity contribution in [3.05, 3.63) is 54.9 Å². The van der Waals surface area contributed by atoms with E-state index >= 15 is 0 Å². The summed E-state index contributed by atoms with van der Waals surface area (Å²) >= 11 is 0. The minimum Gasteiger partial charge on any atom is -0.366 e. The normalized spacial score (nSPS) is 18.9. The Bertz CT molecular complexity index is 988. The Morgan fingerprint density at radius 2 is 2.03 bits per heavy atom. The van der Waals surface area contributed by atoms with Gasteiger partial charge in [-0.05, 0) is 31.0 Å². The maximum absolute atomic E-state index is 11.9. The van der Waals surface area contributed by atoms with Crippen molar-refractivity contribution < 1.29 is 4.79 Å². The first-order chi connectivity index (χ1) is 14.1. The van der Waals surface area contributed by atoms with Crippen LogP contribution in [0.5, 0.6) is 0 Å². The van der Waals surface area contributed by atoms with E-state index in [0.717, 1.165) is 31.4 Å². The monoisotopic (exact) mass is 392 g/mol. The van der Waals surface area contributed by atoms with Gasteiger partial charge in [-0.3, -0.25) is 9.78 Å². The number of carbonyl (C=O) groups is 1. The molecule has 29 heavy (non-hydrogen) atoms. The fraction of sp³-hybridized carbons (Fsp3) is 0.300. The third kappa shape index (κ3) is 4.35. The first kappa shape index (κ1) is 18.9. The highest BCUT2D eigenvalue weighted by atomic mass is 16.1. The molecule has 1 aliphatic rings. The van der Waals surface area contributed by atoms with Crippen LogP contribution >= 0.6 is 0 Å². The first-order valence-corrected chi connectivity index (χ1v) is 9.63. The average molecular weight is 392 g/mol. The smallest absolute Gasteiger partial charge is 0.252 e. The number of amides is 1. The highest BCUT2D eigenvalue weighted by Crippen LogP contribution is 2.25. The number of nitrogens with zero attached hydrogens (tertiary/aromatic N) is 4. The summed E-state index contributed by atoms with van der Waals surface area (Å²) in [5.74, 6) is 0.467. The van der Waals surface area contributed by atoms with Crippen LogP contribution in [0.15, 0.2) is 49.3 Å². The maximum Gasteiger partial charge on any atom is 0.252 e. The van der Waals surface area contributed by atoms with Crippen molar-refractivity contribution in [1.82, 2.24) is 19.5 Å². The van der Waals surface area contributed by atoms with E-state index in [4.69, 9.17) is 11.5 Å².